The zero-order chi connectivity index (χ0) is 12.2. The molecule has 0 unspecified atom stereocenters. The van der Waals surface area contributed by atoms with Crippen LogP contribution in [0.25, 0.3) is 21.1 Å². The fourth-order valence-corrected chi connectivity index (χ4v) is 4.48. The molecule has 0 atom stereocenters. The van der Waals surface area contributed by atoms with Crippen molar-refractivity contribution in [2.45, 2.75) is 19.6 Å². The largest absolute Gasteiger partial charge is 0.360 e. The maximum atomic E-state index is 4.48. The fourth-order valence-electron chi connectivity index (χ4n) is 1.98. The number of aromatic amines is 1. The summed E-state index contributed by atoms with van der Waals surface area (Å²) < 4.78 is 2.37. The first-order valence-corrected chi connectivity index (χ1v) is 10.7. The average molecular weight is 325 g/mol. The lowest BCUT2D eigenvalue weighted by molar-refractivity contribution is 1.46. The van der Waals surface area contributed by atoms with Gasteiger partial charge in [0.15, 0.2) is 0 Å². The average Bonchev–Trinajstić information content (AvgIpc) is 2.78. The van der Waals surface area contributed by atoms with E-state index in [9.17, 15) is 0 Å². The summed E-state index contributed by atoms with van der Waals surface area (Å²) >= 11 is 5.30. The van der Waals surface area contributed by atoms with Crippen molar-refractivity contribution < 1.29 is 0 Å². The highest BCUT2D eigenvalue weighted by molar-refractivity contribution is 9.10. The van der Waals surface area contributed by atoms with Gasteiger partial charge in [0.25, 0.3) is 0 Å². The van der Waals surface area contributed by atoms with E-state index in [1.165, 1.54) is 20.9 Å². The first kappa shape index (κ1) is 11.4. The lowest BCUT2D eigenvalue weighted by atomic mass is 10.2. The van der Waals surface area contributed by atoms with Crippen LogP contribution in [-0.4, -0.2) is 18.0 Å². The van der Waals surface area contributed by atoms with Crippen LogP contribution in [0, 0.1) is 0 Å². The van der Waals surface area contributed by atoms with Gasteiger partial charge in [0.1, 0.15) is 5.52 Å². The molecule has 0 aliphatic heterocycles. The first-order valence-electron chi connectivity index (χ1n) is 5.52. The summed E-state index contributed by atoms with van der Waals surface area (Å²) in [6.07, 6.45) is 0. The van der Waals surface area contributed by atoms with E-state index in [2.05, 4.69) is 57.7 Å². The number of H-pyrrole nitrogens is 1. The van der Waals surface area contributed by atoms with E-state index in [1.807, 2.05) is 5.51 Å². The van der Waals surface area contributed by atoms with Gasteiger partial charge in [0.05, 0.1) is 23.8 Å². The van der Waals surface area contributed by atoms with Crippen LogP contribution in [0.2, 0.25) is 19.6 Å². The van der Waals surface area contributed by atoms with E-state index in [4.69, 9.17) is 0 Å². The minimum atomic E-state index is -1.30. The number of fused-ring (bicyclic) bond motifs is 3. The molecule has 0 aliphatic carbocycles. The maximum absolute atomic E-state index is 4.48. The molecule has 0 fully saturated rings. The number of nitrogens with one attached hydrogen (secondary N) is 1. The molecular formula is C12H13BrN2SSi. The predicted octanol–water partition coefficient (Wildman–Crippen LogP) is 4.09. The summed E-state index contributed by atoms with van der Waals surface area (Å²) in [7, 11) is -1.30. The molecule has 17 heavy (non-hydrogen) atoms. The van der Waals surface area contributed by atoms with Gasteiger partial charge >= 0.3 is 0 Å². The van der Waals surface area contributed by atoms with Gasteiger partial charge < -0.3 is 4.98 Å². The number of aromatic nitrogens is 2. The summed E-state index contributed by atoms with van der Waals surface area (Å²) in [5.74, 6) is 0. The monoisotopic (exact) mass is 324 g/mol. The van der Waals surface area contributed by atoms with Crippen LogP contribution >= 0.6 is 27.3 Å². The number of hydrogen-bond donors (Lipinski definition) is 1. The molecule has 0 radical (unpaired) electrons. The zero-order valence-corrected chi connectivity index (χ0v) is 13.4. The topological polar surface area (TPSA) is 28.7 Å². The van der Waals surface area contributed by atoms with Gasteiger partial charge in [0, 0.05) is 9.86 Å². The summed E-state index contributed by atoms with van der Waals surface area (Å²) in [5.41, 5.74) is 4.18. The van der Waals surface area contributed by atoms with E-state index in [0.717, 1.165) is 9.99 Å². The van der Waals surface area contributed by atoms with Gasteiger partial charge in [-0.05, 0) is 33.4 Å². The first-order chi connectivity index (χ1) is 7.97. The zero-order valence-electron chi connectivity index (χ0n) is 9.97. The van der Waals surface area contributed by atoms with Crippen molar-refractivity contribution in [2.24, 2.45) is 0 Å². The number of benzene rings is 1. The molecule has 1 N–H and O–H groups in total. The summed E-state index contributed by atoms with van der Waals surface area (Å²) in [4.78, 5) is 8.05. The molecule has 0 saturated heterocycles. The number of hydrogen-bond acceptors (Lipinski definition) is 2. The van der Waals surface area contributed by atoms with Crippen LogP contribution in [0.4, 0.5) is 0 Å². The second-order valence-corrected chi connectivity index (χ2v) is 12.0. The van der Waals surface area contributed by atoms with E-state index < -0.39 is 8.07 Å². The van der Waals surface area contributed by atoms with Crippen molar-refractivity contribution in [1.82, 2.24) is 9.97 Å². The van der Waals surface area contributed by atoms with E-state index in [0.29, 0.717) is 0 Å². The highest BCUT2D eigenvalue weighted by Crippen LogP contribution is 2.33. The molecule has 0 aliphatic rings. The van der Waals surface area contributed by atoms with E-state index in [-0.39, 0.29) is 0 Å². The molecule has 0 amide bonds. The number of rotatable bonds is 1. The molecule has 88 valence electrons. The Labute approximate surface area is 113 Å². The maximum Gasteiger partial charge on any atom is 0.106 e. The summed E-state index contributed by atoms with van der Waals surface area (Å²) in [5, 5.41) is 2.65. The molecule has 2 aromatic heterocycles. The Balaban J connectivity index is 2.43. The molecule has 3 aromatic rings. The van der Waals surface area contributed by atoms with Gasteiger partial charge in [0.2, 0.25) is 0 Å². The standard InChI is InChI=1S/C12H13BrN2SSi/c1-17(2,3)9-5-7-4-8(13)12-11(10(7)15-9)14-6-16-12/h4-6,15H,1-3H3. The summed E-state index contributed by atoms with van der Waals surface area (Å²) in [6, 6.07) is 4.47. The molecule has 2 nitrogen and oxygen atoms in total. The Morgan fingerprint density at radius 1 is 1.29 bits per heavy atom. The van der Waals surface area contributed by atoms with Crippen molar-refractivity contribution in [1.29, 1.82) is 0 Å². The molecule has 3 rings (SSSR count). The Bertz CT molecular complexity index is 708. The van der Waals surface area contributed by atoms with Crippen molar-refractivity contribution >= 4 is 61.8 Å². The van der Waals surface area contributed by atoms with Crippen molar-refractivity contribution in [3.05, 3.63) is 22.1 Å². The minimum absolute atomic E-state index is 1.09. The number of nitrogens with zero attached hydrogens (tertiary/aromatic N) is 1. The third-order valence-electron chi connectivity index (χ3n) is 2.96. The molecule has 5 heteroatoms. The Morgan fingerprint density at radius 3 is 2.76 bits per heavy atom. The van der Waals surface area contributed by atoms with Crippen LogP contribution in [0.5, 0.6) is 0 Å². The minimum Gasteiger partial charge on any atom is -0.360 e. The molecule has 1 aromatic carbocycles. The lowest BCUT2D eigenvalue weighted by Crippen LogP contribution is -2.38. The molecule has 0 spiro atoms. The van der Waals surface area contributed by atoms with Crippen LogP contribution in [0.1, 0.15) is 0 Å². The molecule has 2 heterocycles. The fraction of sp³-hybridized carbons (Fsp3) is 0.250. The highest BCUT2D eigenvalue weighted by atomic mass is 79.9. The van der Waals surface area contributed by atoms with Crippen molar-refractivity contribution in [2.75, 3.05) is 0 Å². The van der Waals surface area contributed by atoms with Gasteiger partial charge in [-0.15, -0.1) is 11.3 Å². The van der Waals surface area contributed by atoms with E-state index >= 15 is 0 Å². The summed E-state index contributed by atoms with van der Waals surface area (Å²) in [6.45, 7) is 7.06. The Kier molecular flexibility index (Phi) is 2.47. The smallest absolute Gasteiger partial charge is 0.106 e. The third kappa shape index (κ3) is 1.77. The lowest BCUT2D eigenvalue weighted by Gasteiger charge is -2.12. The van der Waals surface area contributed by atoms with Crippen molar-refractivity contribution in [3.63, 3.8) is 0 Å². The molecule has 0 bridgehead atoms. The van der Waals surface area contributed by atoms with Gasteiger partial charge in [-0.3, -0.25) is 0 Å². The van der Waals surface area contributed by atoms with Gasteiger partial charge in [-0.25, -0.2) is 4.98 Å². The third-order valence-corrected chi connectivity index (χ3v) is 6.59. The van der Waals surface area contributed by atoms with Crippen LogP contribution < -0.4 is 5.32 Å². The van der Waals surface area contributed by atoms with Crippen LogP contribution in [0.15, 0.2) is 22.1 Å². The quantitative estimate of drug-likeness (QED) is 0.671. The van der Waals surface area contributed by atoms with Crippen LogP contribution in [-0.2, 0) is 0 Å². The second-order valence-electron chi connectivity index (χ2n) is 5.29. The number of halogens is 1. The molecule has 0 saturated carbocycles. The molecular weight excluding hydrogens is 312 g/mol. The Morgan fingerprint density at radius 2 is 2.06 bits per heavy atom. The highest BCUT2D eigenvalue weighted by Gasteiger charge is 2.20. The van der Waals surface area contributed by atoms with Crippen LogP contribution in [0.3, 0.4) is 0 Å². The van der Waals surface area contributed by atoms with E-state index in [1.54, 1.807) is 11.3 Å². The van der Waals surface area contributed by atoms with Gasteiger partial charge in [-0.1, -0.05) is 19.6 Å². The predicted molar refractivity (Wildman–Crippen MR) is 82.2 cm³/mol. The number of thiazole rings is 1. The normalized spacial score (nSPS) is 12.7. The SMILES string of the molecule is C[Si](C)(C)c1cc2cc(Br)c3scnc3c2[nH]1. The van der Waals surface area contributed by atoms with Crippen molar-refractivity contribution in [3.8, 4) is 0 Å². The van der Waals surface area contributed by atoms with Gasteiger partial charge in [-0.2, -0.15) is 0 Å². The second kappa shape index (κ2) is 3.67. The Hall–Kier alpha value is -0.653.